The maximum absolute atomic E-state index is 4.47. The van der Waals surface area contributed by atoms with E-state index in [-0.39, 0.29) is 0 Å². The van der Waals surface area contributed by atoms with Crippen molar-refractivity contribution in [2.24, 2.45) is 13.0 Å². The lowest BCUT2D eigenvalue weighted by atomic mass is 9.93. The van der Waals surface area contributed by atoms with Crippen LogP contribution in [0.25, 0.3) is 5.57 Å². The second-order valence-corrected chi connectivity index (χ2v) is 5.33. The van der Waals surface area contributed by atoms with E-state index in [1.807, 2.05) is 17.9 Å². The third-order valence-corrected chi connectivity index (χ3v) is 3.45. The first-order chi connectivity index (χ1) is 7.66. The number of rotatable bonds is 1. The Kier molecular flexibility index (Phi) is 3.63. The van der Waals surface area contributed by atoms with Crippen molar-refractivity contribution < 1.29 is 0 Å². The highest BCUT2D eigenvalue weighted by molar-refractivity contribution is 14.1. The predicted octanol–water partition coefficient (Wildman–Crippen LogP) is 3.72. The van der Waals surface area contributed by atoms with Crippen molar-refractivity contribution in [2.45, 2.75) is 13.3 Å². The van der Waals surface area contributed by atoms with Crippen molar-refractivity contribution in [1.29, 1.82) is 0 Å². The molecular formula is C13H15IN2. The lowest BCUT2D eigenvalue weighted by Gasteiger charge is -2.13. The van der Waals surface area contributed by atoms with E-state index in [0.717, 1.165) is 12.1 Å². The van der Waals surface area contributed by atoms with Gasteiger partial charge in [0.05, 0.1) is 5.69 Å². The van der Waals surface area contributed by atoms with Gasteiger partial charge in [-0.15, -0.1) is 0 Å². The summed E-state index contributed by atoms with van der Waals surface area (Å²) < 4.78 is 3.12. The zero-order valence-electron chi connectivity index (χ0n) is 9.52. The second kappa shape index (κ2) is 4.99. The Morgan fingerprint density at radius 3 is 2.94 bits per heavy atom. The Bertz CT molecular complexity index is 466. The van der Waals surface area contributed by atoms with Gasteiger partial charge in [0.1, 0.15) is 0 Å². The highest BCUT2D eigenvalue weighted by Gasteiger charge is 2.12. The minimum atomic E-state index is 0.520. The molecule has 1 heterocycles. The molecule has 0 aliphatic heterocycles. The minimum absolute atomic E-state index is 0.520. The van der Waals surface area contributed by atoms with Crippen LogP contribution in [0.1, 0.15) is 19.0 Å². The van der Waals surface area contributed by atoms with E-state index in [2.05, 4.69) is 65.0 Å². The van der Waals surface area contributed by atoms with Crippen molar-refractivity contribution in [2.75, 3.05) is 0 Å². The van der Waals surface area contributed by atoms with Crippen molar-refractivity contribution in [3.63, 3.8) is 0 Å². The summed E-state index contributed by atoms with van der Waals surface area (Å²) in [6.45, 7) is 2.25. The number of hydrogen-bond donors (Lipinski definition) is 0. The average Bonchev–Trinajstić information content (AvgIpc) is 2.63. The molecular weight excluding hydrogens is 311 g/mol. The van der Waals surface area contributed by atoms with Crippen LogP contribution in [0.15, 0.2) is 40.1 Å². The topological polar surface area (TPSA) is 17.8 Å². The van der Waals surface area contributed by atoms with Crippen LogP contribution in [-0.2, 0) is 7.05 Å². The molecule has 0 fully saturated rings. The van der Waals surface area contributed by atoms with E-state index < -0.39 is 0 Å². The first kappa shape index (κ1) is 11.6. The van der Waals surface area contributed by atoms with E-state index in [1.165, 1.54) is 9.15 Å². The molecule has 2 nitrogen and oxygen atoms in total. The van der Waals surface area contributed by atoms with Gasteiger partial charge >= 0.3 is 0 Å². The maximum atomic E-state index is 4.47. The quantitative estimate of drug-likeness (QED) is 0.719. The fraction of sp³-hybridized carbons (Fsp3) is 0.308. The van der Waals surface area contributed by atoms with Gasteiger partial charge in [-0.2, -0.15) is 5.10 Å². The normalized spacial score (nSPS) is 29.6. The molecule has 3 heteroatoms. The average molecular weight is 326 g/mol. The molecule has 0 saturated carbocycles. The zero-order valence-corrected chi connectivity index (χ0v) is 11.7. The van der Waals surface area contributed by atoms with Gasteiger partial charge in [0.15, 0.2) is 0 Å². The van der Waals surface area contributed by atoms with Gasteiger partial charge in [0.25, 0.3) is 0 Å². The highest BCUT2D eigenvalue weighted by Crippen LogP contribution is 2.27. The number of allylic oxidation sites excluding steroid dienone is 6. The lowest BCUT2D eigenvalue weighted by molar-refractivity contribution is 0.733. The van der Waals surface area contributed by atoms with Crippen LogP contribution in [0.4, 0.5) is 0 Å². The van der Waals surface area contributed by atoms with Crippen LogP contribution >= 0.6 is 22.6 Å². The van der Waals surface area contributed by atoms with Crippen LogP contribution in [-0.4, -0.2) is 9.78 Å². The van der Waals surface area contributed by atoms with Crippen molar-refractivity contribution in [3.8, 4) is 0 Å². The number of halogens is 1. The Morgan fingerprint density at radius 2 is 2.25 bits per heavy atom. The van der Waals surface area contributed by atoms with Crippen molar-refractivity contribution in [1.82, 2.24) is 9.78 Å². The molecule has 0 amide bonds. The molecule has 0 radical (unpaired) electrons. The number of nitrogens with zero attached hydrogens (tertiary/aromatic N) is 2. The Labute approximate surface area is 110 Å². The molecule has 1 aromatic rings. The van der Waals surface area contributed by atoms with Crippen LogP contribution in [0.2, 0.25) is 0 Å². The summed E-state index contributed by atoms with van der Waals surface area (Å²) in [4.78, 5) is 0. The van der Waals surface area contributed by atoms with Crippen molar-refractivity contribution in [3.05, 3.63) is 45.8 Å². The van der Waals surface area contributed by atoms with Gasteiger partial charge < -0.3 is 0 Å². The maximum Gasteiger partial charge on any atom is 0.0885 e. The summed E-state index contributed by atoms with van der Waals surface area (Å²) in [5.74, 6) is 0.520. The fourth-order valence-electron chi connectivity index (χ4n) is 1.81. The SMILES string of the molecule is CC1C/C=C/C(I)=C\C=C/1c1ccn(C)n1. The van der Waals surface area contributed by atoms with E-state index >= 15 is 0 Å². The zero-order chi connectivity index (χ0) is 11.5. The smallest absolute Gasteiger partial charge is 0.0885 e. The van der Waals surface area contributed by atoms with Gasteiger partial charge in [-0.05, 0) is 52.6 Å². The second-order valence-electron chi connectivity index (χ2n) is 4.09. The first-order valence-corrected chi connectivity index (χ1v) is 6.48. The monoisotopic (exact) mass is 326 g/mol. The molecule has 84 valence electrons. The number of aryl methyl sites for hydroxylation is 1. The highest BCUT2D eigenvalue weighted by atomic mass is 127. The van der Waals surface area contributed by atoms with Crippen LogP contribution < -0.4 is 0 Å². The van der Waals surface area contributed by atoms with Gasteiger partial charge in [0, 0.05) is 16.8 Å². The molecule has 0 aromatic carbocycles. The van der Waals surface area contributed by atoms with E-state index in [4.69, 9.17) is 0 Å². The largest absolute Gasteiger partial charge is 0.275 e. The molecule has 0 bridgehead atoms. The molecule has 1 aliphatic carbocycles. The third-order valence-electron chi connectivity index (χ3n) is 2.73. The summed E-state index contributed by atoms with van der Waals surface area (Å²) in [5.41, 5.74) is 2.41. The van der Waals surface area contributed by atoms with Gasteiger partial charge in [0.2, 0.25) is 0 Å². The van der Waals surface area contributed by atoms with Crippen LogP contribution in [0.5, 0.6) is 0 Å². The summed E-state index contributed by atoms with van der Waals surface area (Å²) in [7, 11) is 1.96. The molecule has 1 unspecified atom stereocenters. The summed E-state index contributed by atoms with van der Waals surface area (Å²) in [6.07, 6.45) is 11.8. The predicted molar refractivity (Wildman–Crippen MR) is 76.2 cm³/mol. The number of aromatic nitrogens is 2. The van der Waals surface area contributed by atoms with Crippen LogP contribution in [0.3, 0.4) is 0 Å². The standard InChI is InChI=1S/C13H15IN2/c1-10-4-3-5-11(14)6-7-12(10)13-8-9-16(2)15-13/h3,5-10H,4H2,1-2H3/b5-3+,11-6+,12-7+. The van der Waals surface area contributed by atoms with Crippen LogP contribution in [0, 0.1) is 5.92 Å². The molecule has 16 heavy (non-hydrogen) atoms. The molecule has 1 aromatic heterocycles. The fourth-order valence-corrected chi connectivity index (χ4v) is 2.24. The summed E-state index contributed by atoms with van der Waals surface area (Å²) in [5, 5.41) is 4.47. The Morgan fingerprint density at radius 1 is 1.44 bits per heavy atom. The van der Waals surface area contributed by atoms with Gasteiger partial charge in [-0.25, -0.2) is 0 Å². The Hall–Kier alpha value is -0.840. The molecule has 1 aliphatic rings. The molecule has 0 N–H and O–H groups in total. The van der Waals surface area contributed by atoms with Crippen molar-refractivity contribution >= 4 is 28.2 Å². The van der Waals surface area contributed by atoms with Gasteiger partial charge in [-0.1, -0.05) is 25.2 Å². The Balaban J connectivity index is 2.38. The minimum Gasteiger partial charge on any atom is -0.275 e. The third kappa shape index (κ3) is 2.64. The van der Waals surface area contributed by atoms with E-state index in [9.17, 15) is 0 Å². The lowest BCUT2D eigenvalue weighted by Crippen LogP contribution is -2.00. The van der Waals surface area contributed by atoms with Gasteiger partial charge in [-0.3, -0.25) is 4.68 Å². The number of hydrogen-bond acceptors (Lipinski definition) is 1. The van der Waals surface area contributed by atoms with E-state index in [1.54, 1.807) is 0 Å². The summed E-state index contributed by atoms with van der Waals surface area (Å²) in [6, 6.07) is 2.08. The van der Waals surface area contributed by atoms with E-state index in [0.29, 0.717) is 5.92 Å². The molecule has 2 rings (SSSR count). The molecule has 0 spiro atoms. The molecule has 1 atom stereocenters. The first-order valence-electron chi connectivity index (χ1n) is 5.41. The summed E-state index contributed by atoms with van der Waals surface area (Å²) >= 11 is 2.34. The molecule has 0 saturated heterocycles.